The highest BCUT2D eigenvalue weighted by Gasteiger charge is 2.36. The lowest BCUT2D eigenvalue weighted by Gasteiger charge is -2.04. The fraction of sp³-hybridized carbons (Fsp3) is 0.118. The van der Waals surface area contributed by atoms with Crippen molar-refractivity contribution >= 4 is 21.6 Å². The van der Waals surface area contributed by atoms with Gasteiger partial charge in [0.05, 0.1) is 10.6 Å². The molecule has 26 heavy (non-hydrogen) atoms. The molecule has 1 heterocycles. The first-order valence-corrected chi connectivity index (χ1v) is 10.1. The normalized spacial score (nSPS) is 12.3. The van der Waals surface area contributed by atoms with Crippen LogP contribution in [0.2, 0.25) is 0 Å². The molecule has 2 aromatic carbocycles. The van der Waals surface area contributed by atoms with Crippen LogP contribution in [0.1, 0.15) is 5.82 Å². The third kappa shape index (κ3) is 4.10. The second kappa shape index (κ2) is 6.81. The fourth-order valence-corrected chi connectivity index (χ4v) is 3.78. The van der Waals surface area contributed by atoms with Gasteiger partial charge in [0.15, 0.2) is 9.84 Å². The summed E-state index contributed by atoms with van der Waals surface area (Å²) in [6.45, 7) is 0. The largest absolute Gasteiger partial charge is 0.449 e. The molecule has 0 aliphatic heterocycles. The van der Waals surface area contributed by atoms with Crippen molar-refractivity contribution in [3.63, 3.8) is 0 Å². The van der Waals surface area contributed by atoms with E-state index >= 15 is 0 Å². The summed E-state index contributed by atoms with van der Waals surface area (Å²) in [7, 11) is -3.39. The summed E-state index contributed by atoms with van der Waals surface area (Å²) in [4.78, 5) is 6.83. The molecule has 136 valence electrons. The first kappa shape index (κ1) is 18.5. The number of nitrogens with zero attached hydrogens (tertiary/aromatic N) is 1. The molecule has 0 fully saturated rings. The van der Waals surface area contributed by atoms with E-state index in [4.69, 9.17) is 0 Å². The van der Waals surface area contributed by atoms with Crippen LogP contribution in [-0.4, -0.2) is 24.6 Å². The maximum Gasteiger partial charge on any atom is 0.449 e. The van der Waals surface area contributed by atoms with E-state index in [1.165, 1.54) is 24.3 Å². The molecule has 1 aromatic heterocycles. The zero-order valence-corrected chi connectivity index (χ0v) is 15.0. The molecule has 3 aromatic rings. The van der Waals surface area contributed by atoms with Crippen molar-refractivity contribution in [1.82, 2.24) is 9.97 Å². The summed E-state index contributed by atoms with van der Waals surface area (Å²) < 4.78 is 62.3. The van der Waals surface area contributed by atoms with Crippen molar-refractivity contribution in [2.24, 2.45) is 0 Å². The molecule has 4 nitrogen and oxygen atoms in total. The SMILES string of the molecule is CS(=O)(=O)c1ccc(-c2[nH]c(C(F)(F)F)nc2Sc2ccccc2)cc1. The van der Waals surface area contributed by atoms with Gasteiger partial charge >= 0.3 is 6.18 Å². The first-order chi connectivity index (χ1) is 12.1. The highest BCUT2D eigenvalue weighted by atomic mass is 32.2. The van der Waals surface area contributed by atoms with Crippen LogP contribution in [-0.2, 0) is 16.0 Å². The average molecular weight is 398 g/mol. The van der Waals surface area contributed by atoms with E-state index in [1.807, 2.05) is 0 Å². The van der Waals surface area contributed by atoms with E-state index in [9.17, 15) is 21.6 Å². The number of hydrogen-bond acceptors (Lipinski definition) is 4. The topological polar surface area (TPSA) is 62.8 Å². The Balaban J connectivity index is 2.06. The molecule has 0 saturated carbocycles. The van der Waals surface area contributed by atoms with Gasteiger partial charge in [0.2, 0.25) is 5.82 Å². The van der Waals surface area contributed by atoms with Crippen molar-refractivity contribution in [3.8, 4) is 11.3 Å². The molecule has 9 heteroatoms. The minimum atomic E-state index is -4.61. The number of imidazole rings is 1. The van der Waals surface area contributed by atoms with Crippen LogP contribution >= 0.6 is 11.8 Å². The smallest absolute Gasteiger partial charge is 0.333 e. The Hall–Kier alpha value is -2.26. The predicted octanol–water partition coefficient (Wildman–Crippen LogP) is 4.65. The van der Waals surface area contributed by atoms with Gasteiger partial charge in [0, 0.05) is 16.7 Å². The molecule has 0 radical (unpaired) electrons. The summed E-state index contributed by atoms with van der Waals surface area (Å²) in [5.74, 6) is -1.10. The van der Waals surface area contributed by atoms with Crippen LogP contribution in [0, 0.1) is 0 Å². The van der Waals surface area contributed by atoms with Crippen molar-refractivity contribution in [2.75, 3.05) is 6.26 Å². The van der Waals surface area contributed by atoms with Crippen LogP contribution in [0.4, 0.5) is 13.2 Å². The zero-order valence-electron chi connectivity index (χ0n) is 13.4. The molecule has 0 aliphatic rings. The molecule has 0 unspecified atom stereocenters. The lowest BCUT2D eigenvalue weighted by Crippen LogP contribution is -2.07. The lowest BCUT2D eigenvalue weighted by molar-refractivity contribution is -0.144. The van der Waals surface area contributed by atoms with Gasteiger partial charge in [-0.2, -0.15) is 13.2 Å². The molecule has 0 amide bonds. The van der Waals surface area contributed by atoms with Crippen molar-refractivity contribution in [2.45, 2.75) is 21.0 Å². The molecular weight excluding hydrogens is 385 g/mol. The van der Waals surface area contributed by atoms with Crippen molar-refractivity contribution in [1.29, 1.82) is 0 Å². The first-order valence-electron chi connectivity index (χ1n) is 7.35. The molecule has 0 spiro atoms. The van der Waals surface area contributed by atoms with Crippen LogP contribution in [0.25, 0.3) is 11.3 Å². The van der Waals surface area contributed by atoms with E-state index < -0.39 is 21.8 Å². The Labute approximate surface area is 152 Å². The summed E-state index contributed by atoms with van der Waals surface area (Å²) in [5, 5.41) is 0.163. The number of H-pyrrole nitrogens is 1. The van der Waals surface area contributed by atoms with E-state index in [-0.39, 0.29) is 15.6 Å². The second-order valence-corrected chi connectivity index (χ2v) is 8.55. The monoisotopic (exact) mass is 398 g/mol. The van der Waals surface area contributed by atoms with Crippen molar-refractivity contribution < 1.29 is 21.6 Å². The van der Waals surface area contributed by atoms with Crippen molar-refractivity contribution in [3.05, 3.63) is 60.4 Å². The summed E-state index contributed by atoms with van der Waals surface area (Å²) in [6.07, 6.45) is -3.55. The number of alkyl halides is 3. The Morgan fingerprint density at radius 3 is 2.15 bits per heavy atom. The molecule has 3 rings (SSSR count). The Morgan fingerprint density at radius 2 is 1.62 bits per heavy atom. The van der Waals surface area contributed by atoms with E-state index in [0.717, 1.165) is 22.9 Å². The van der Waals surface area contributed by atoms with Gasteiger partial charge in [-0.25, -0.2) is 13.4 Å². The number of benzene rings is 2. The average Bonchev–Trinajstić information content (AvgIpc) is 2.99. The highest BCUT2D eigenvalue weighted by molar-refractivity contribution is 7.99. The number of nitrogens with one attached hydrogen (secondary N) is 1. The van der Waals surface area contributed by atoms with Gasteiger partial charge in [-0.15, -0.1) is 0 Å². The number of aromatic nitrogens is 2. The third-order valence-corrected chi connectivity index (χ3v) is 5.59. The Bertz CT molecular complexity index is 1010. The molecular formula is C17H13F3N2O2S2. The van der Waals surface area contributed by atoms with Gasteiger partial charge in [0.25, 0.3) is 0 Å². The van der Waals surface area contributed by atoms with Gasteiger partial charge in [-0.3, -0.25) is 0 Å². The maximum atomic E-state index is 13.1. The van der Waals surface area contributed by atoms with E-state index in [2.05, 4.69) is 9.97 Å². The van der Waals surface area contributed by atoms with Gasteiger partial charge in [0.1, 0.15) is 5.03 Å². The molecule has 0 atom stereocenters. The van der Waals surface area contributed by atoms with Crippen LogP contribution in [0.3, 0.4) is 0 Å². The van der Waals surface area contributed by atoms with Crippen LogP contribution in [0.15, 0.2) is 69.4 Å². The summed E-state index contributed by atoms with van der Waals surface area (Å²) >= 11 is 1.10. The summed E-state index contributed by atoms with van der Waals surface area (Å²) in [5.41, 5.74) is 0.602. The molecule has 0 bridgehead atoms. The number of hydrogen-bond donors (Lipinski definition) is 1. The highest BCUT2D eigenvalue weighted by Crippen LogP contribution is 2.38. The minimum Gasteiger partial charge on any atom is -0.333 e. The van der Waals surface area contributed by atoms with Gasteiger partial charge in [-0.05, 0) is 24.3 Å². The minimum absolute atomic E-state index is 0.0917. The number of halogens is 3. The van der Waals surface area contributed by atoms with Crippen LogP contribution < -0.4 is 0 Å². The second-order valence-electron chi connectivity index (χ2n) is 5.47. The molecule has 1 N–H and O–H groups in total. The quantitative estimate of drug-likeness (QED) is 0.695. The maximum absolute atomic E-state index is 13.1. The molecule has 0 aliphatic carbocycles. The number of aromatic amines is 1. The van der Waals surface area contributed by atoms with E-state index in [0.29, 0.717) is 5.56 Å². The van der Waals surface area contributed by atoms with Crippen LogP contribution in [0.5, 0.6) is 0 Å². The number of sulfone groups is 1. The third-order valence-electron chi connectivity index (χ3n) is 3.47. The number of rotatable bonds is 4. The fourth-order valence-electron chi connectivity index (χ4n) is 2.23. The Morgan fingerprint density at radius 1 is 1.00 bits per heavy atom. The lowest BCUT2D eigenvalue weighted by atomic mass is 10.2. The zero-order chi connectivity index (χ0) is 18.9. The summed E-state index contributed by atoms with van der Waals surface area (Å²) in [6, 6.07) is 14.5. The van der Waals surface area contributed by atoms with E-state index in [1.54, 1.807) is 30.3 Å². The standard InChI is InChI=1S/C17H13F3N2O2S2/c1-26(23,24)13-9-7-11(8-10-13)14-15(22-16(21-14)17(18,19)20)25-12-5-3-2-4-6-12/h2-10H,1H3,(H,21,22). The van der Waals surface area contributed by atoms with Gasteiger partial charge < -0.3 is 4.98 Å². The Kier molecular flexibility index (Phi) is 4.85. The van der Waals surface area contributed by atoms with Gasteiger partial charge in [-0.1, -0.05) is 42.1 Å². The molecule has 0 saturated heterocycles. The predicted molar refractivity (Wildman–Crippen MR) is 92.7 cm³/mol.